The van der Waals surface area contributed by atoms with E-state index in [2.05, 4.69) is 10.00 Å². The van der Waals surface area contributed by atoms with Crippen LogP contribution in [0.1, 0.15) is 11.3 Å². The van der Waals surface area contributed by atoms with Gasteiger partial charge in [-0.2, -0.15) is 9.61 Å². The van der Waals surface area contributed by atoms with Crippen molar-refractivity contribution >= 4 is 28.3 Å². The lowest BCUT2D eigenvalue weighted by Crippen LogP contribution is -2.48. The van der Waals surface area contributed by atoms with Gasteiger partial charge in [0.25, 0.3) is 5.56 Å². The molecular weight excluding hydrogens is 462 g/mol. The molecular formula is C26H25N5O3S. The van der Waals surface area contributed by atoms with E-state index in [9.17, 15) is 9.59 Å². The first-order valence-electron chi connectivity index (χ1n) is 11.4. The third-order valence-corrected chi connectivity index (χ3v) is 6.86. The molecule has 0 unspecified atom stereocenters. The monoisotopic (exact) mass is 487 g/mol. The van der Waals surface area contributed by atoms with Crippen molar-refractivity contribution in [2.75, 3.05) is 33.3 Å². The van der Waals surface area contributed by atoms with Crippen LogP contribution < -0.4 is 10.3 Å². The quantitative estimate of drug-likeness (QED) is 0.389. The lowest BCUT2D eigenvalue weighted by atomic mass is 10.2. The summed E-state index contributed by atoms with van der Waals surface area (Å²) in [5, 5.41) is 5.16. The van der Waals surface area contributed by atoms with E-state index in [1.54, 1.807) is 19.3 Å². The molecule has 2 aromatic carbocycles. The van der Waals surface area contributed by atoms with Crippen LogP contribution in [0.4, 0.5) is 0 Å². The molecule has 2 aromatic heterocycles. The lowest BCUT2D eigenvalue weighted by Gasteiger charge is -2.34. The van der Waals surface area contributed by atoms with Crippen LogP contribution in [0.2, 0.25) is 0 Å². The number of carbonyl (C=O) groups is 1. The minimum Gasteiger partial charge on any atom is -0.497 e. The van der Waals surface area contributed by atoms with E-state index in [1.807, 2.05) is 65.6 Å². The van der Waals surface area contributed by atoms with Crippen molar-refractivity contribution in [3.8, 4) is 16.3 Å². The van der Waals surface area contributed by atoms with E-state index < -0.39 is 0 Å². The Bertz CT molecular complexity index is 1420. The first-order chi connectivity index (χ1) is 17.1. The molecule has 1 aliphatic heterocycles. The molecule has 0 radical (unpaired) electrons. The highest BCUT2D eigenvalue weighted by Gasteiger charge is 2.21. The molecule has 0 saturated carbocycles. The van der Waals surface area contributed by atoms with Crippen molar-refractivity contribution in [3.05, 3.63) is 88.4 Å². The predicted octanol–water partition coefficient (Wildman–Crippen LogP) is 3.18. The van der Waals surface area contributed by atoms with Crippen LogP contribution >= 0.6 is 11.3 Å². The molecule has 0 aliphatic carbocycles. The van der Waals surface area contributed by atoms with Crippen LogP contribution in [-0.2, 0) is 11.3 Å². The van der Waals surface area contributed by atoms with E-state index in [0.717, 1.165) is 30.0 Å². The molecule has 8 nitrogen and oxygen atoms in total. The number of benzene rings is 2. The van der Waals surface area contributed by atoms with Gasteiger partial charge in [0, 0.05) is 50.4 Å². The van der Waals surface area contributed by atoms with Crippen LogP contribution in [0.25, 0.3) is 21.6 Å². The molecule has 0 atom stereocenters. The Kier molecular flexibility index (Phi) is 6.69. The minimum absolute atomic E-state index is 0.0148. The molecule has 0 spiro atoms. The first-order valence-corrected chi connectivity index (χ1v) is 12.2. The highest BCUT2D eigenvalue weighted by molar-refractivity contribution is 7.19. The summed E-state index contributed by atoms with van der Waals surface area (Å²) in [6, 6.07) is 18.9. The molecule has 1 aliphatic rings. The second kappa shape index (κ2) is 10.2. The molecule has 5 rings (SSSR count). The number of rotatable bonds is 6. The predicted molar refractivity (Wildman–Crippen MR) is 136 cm³/mol. The Morgan fingerprint density at radius 3 is 2.63 bits per heavy atom. The van der Waals surface area contributed by atoms with Crippen molar-refractivity contribution in [1.82, 2.24) is 24.4 Å². The molecule has 1 fully saturated rings. The van der Waals surface area contributed by atoms with Gasteiger partial charge in [0.15, 0.2) is 0 Å². The number of ether oxygens (including phenoxy) is 1. The Morgan fingerprint density at radius 1 is 1.06 bits per heavy atom. The topological polar surface area (TPSA) is 80.0 Å². The van der Waals surface area contributed by atoms with Gasteiger partial charge in [-0.25, -0.2) is 4.98 Å². The van der Waals surface area contributed by atoms with Crippen LogP contribution in [0.3, 0.4) is 0 Å². The summed E-state index contributed by atoms with van der Waals surface area (Å²) in [5.74, 6) is 0.747. The second-order valence-electron chi connectivity index (χ2n) is 8.26. The van der Waals surface area contributed by atoms with Crippen molar-refractivity contribution in [3.63, 3.8) is 0 Å². The third-order valence-electron chi connectivity index (χ3n) is 5.90. The summed E-state index contributed by atoms with van der Waals surface area (Å²) in [4.78, 5) is 34.6. The zero-order valence-corrected chi connectivity index (χ0v) is 20.1. The van der Waals surface area contributed by atoms with E-state index in [-0.39, 0.29) is 11.5 Å². The summed E-state index contributed by atoms with van der Waals surface area (Å²) in [5.41, 5.74) is 2.39. The maximum atomic E-state index is 12.7. The molecule has 3 heterocycles. The fourth-order valence-corrected chi connectivity index (χ4v) is 4.92. The van der Waals surface area contributed by atoms with Gasteiger partial charge in [0.1, 0.15) is 10.8 Å². The second-order valence-corrected chi connectivity index (χ2v) is 9.22. The number of methoxy groups -OCH3 is 1. The maximum Gasteiger partial charge on any atom is 0.275 e. The minimum atomic E-state index is -0.199. The number of nitrogens with zero attached hydrogens (tertiary/aromatic N) is 5. The molecule has 35 heavy (non-hydrogen) atoms. The molecule has 1 saturated heterocycles. The molecule has 0 N–H and O–H groups in total. The summed E-state index contributed by atoms with van der Waals surface area (Å²) in [6.07, 6.45) is 3.47. The molecule has 1 amide bonds. The number of fused-ring (bicyclic) bond motifs is 1. The summed E-state index contributed by atoms with van der Waals surface area (Å²) < 4.78 is 6.64. The van der Waals surface area contributed by atoms with Gasteiger partial charge < -0.3 is 9.64 Å². The summed E-state index contributed by atoms with van der Waals surface area (Å²) >= 11 is 1.37. The number of aromatic nitrogens is 3. The SMILES string of the molecule is COc1cccc(-c2nn3c(=O)cc(CN4CCN(C(=O)/C=C/c5ccccc5)CC4)nc3s2)c1. The molecule has 4 aromatic rings. The van der Waals surface area contributed by atoms with Gasteiger partial charge in [0.05, 0.1) is 12.8 Å². The Morgan fingerprint density at radius 2 is 1.86 bits per heavy atom. The first kappa shape index (κ1) is 22.9. The van der Waals surface area contributed by atoms with Crippen molar-refractivity contribution in [1.29, 1.82) is 0 Å². The van der Waals surface area contributed by atoms with E-state index in [4.69, 9.17) is 9.72 Å². The number of carbonyl (C=O) groups excluding carboxylic acids is 1. The van der Waals surface area contributed by atoms with Crippen LogP contribution in [0.15, 0.2) is 71.5 Å². The van der Waals surface area contributed by atoms with Crippen molar-refractivity contribution < 1.29 is 9.53 Å². The normalized spacial score (nSPS) is 14.6. The van der Waals surface area contributed by atoms with Gasteiger partial charge in [0.2, 0.25) is 10.9 Å². The van der Waals surface area contributed by atoms with Gasteiger partial charge in [-0.3, -0.25) is 14.5 Å². The van der Waals surface area contributed by atoms with E-state index >= 15 is 0 Å². The summed E-state index contributed by atoms with van der Waals surface area (Å²) in [7, 11) is 1.62. The Labute approximate surface area is 206 Å². The van der Waals surface area contributed by atoms with Crippen molar-refractivity contribution in [2.45, 2.75) is 6.54 Å². The molecule has 178 valence electrons. The van der Waals surface area contributed by atoms with E-state index in [0.29, 0.717) is 35.3 Å². The molecule has 0 bridgehead atoms. The summed E-state index contributed by atoms with van der Waals surface area (Å²) in [6.45, 7) is 3.28. The van der Waals surface area contributed by atoms with Gasteiger partial charge >= 0.3 is 0 Å². The van der Waals surface area contributed by atoms with E-state index in [1.165, 1.54) is 15.9 Å². The Hall–Kier alpha value is -3.82. The zero-order valence-electron chi connectivity index (χ0n) is 19.3. The average molecular weight is 488 g/mol. The van der Waals surface area contributed by atoms with Gasteiger partial charge in [-0.15, -0.1) is 0 Å². The number of amides is 1. The highest BCUT2D eigenvalue weighted by Crippen LogP contribution is 2.27. The largest absolute Gasteiger partial charge is 0.497 e. The maximum absolute atomic E-state index is 12.7. The average Bonchev–Trinajstić information content (AvgIpc) is 3.33. The van der Waals surface area contributed by atoms with Crippen LogP contribution in [0, 0.1) is 0 Å². The van der Waals surface area contributed by atoms with Crippen LogP contribution in [0.5, 0.6) is 5.75 Å². The number of hydrogen-bond donors (Lipinski definition) is 0. The Balaban J connectivity index is 1.23. The fraction of sp³-hybridized carbons (Fsp3) is 0.231. The highest BCUT2D eigenvalue weighted by atomic mass is 32.1. The standard InChI is InChI=1S/C26H25N5O3S/c1-34-22-9-5-8-20(16-22)25-28-31-24(33)17-21(27-26(31)35-25)18-29-12-14-30(15-13-29)23(32)11-10-19-6-3-2-4-7-19/h2-11,16-17H,12-15,18H2,1H3/b11-10+. The van der Waals surface area contributed by atoms with Gasteiger partial charge in [-0.1, -0.05) is 53.8 Å². The lowest BCUT2D eigenvalue weighted by molar-refractivity contribution is -0.127. The molecule has 9 heteroatoms. The zero-order chi connectivity index (χ0) is 24.2. The fourth-order valence-electron chi connectivity index (χ4n) is 4.00. The van der Waals surface area contributed by atoms with Crippen molar-refractivity contribution in [2.24, 2.45) is 0 Å². The number of hydrogen-bond acceptors (Lipinski definition) is 7. The smallest absolute Gasteiger partial charge is 0.275 e. The third kappa shape index (κ3) is 5.31. The van der Waals surface area contributed by atoms with Crippen LogP contribution in [-0.4, -0.2) is 63.6 Å². The van der Waals surface area contributed by atoms with Gasteiger partial charge in [-0.05, 0) is 23.8 Å². The number of piperazine rings is 1.